The molecule has 9 heteroatoms. The molecule has 0 aliphatic heterocycles. The molecule has 0 bridgehead atoms. The standard InChI is InChI=1S/2C6H7ClN.H2O4S/c2*1-8-5-3-2-4-6(8)7;1-5(2,3)4/h2*2-5H,1H3;(H2,1,2,3,4)/q2*+1;/p-2. The smallest absolute Gasteiger partial charge is 0.274 e. The number of nitrogens with zero attached hydrogens (tertiary/aromatic N) is 2. The highest BCUT2D eigenvalue weighted by molar-refractivity contribution is 7.79. The summed E-state index contributed by atoms with van der Waals surface area (Å²) in [6.07, 6.45) is 3.81. The van der Waals surface area contributed by atoms with Gasteiger partial charge in [-0.1, -0.05) is 0 Å². The Morgan fingerprint density at radius 3 is 1.29 bits per heavy atom. The van der Waals surface area contributed by atoms with Gasteiger partial charge in [0, 0.05) is 34.7 Å². The summed E-state index contributed by atoms with van der Waals surface area (Å²) in [6.45, 7) is 0. The molecule has 0 N–H and O–H groups in total. The van der Waals surface area contributed by atoms with E-state index >= 15 is 0 Å². The molecule has 116 valence electrons. The van der Waals surface area contributed by atoms with E-state index in [-0.39, 0.29) is 0 Å². The fourth-order valence-corrected chi connectivity index (χ4v) is 1.26. The van der Waals surface area contributed by atoms with E-state index in [1.165, 1.54) is 0 Å². The fraction of sp³-hybridized carbons (Fsp3) is 0.167. The van der Waals surface area contributed by atoms with Gasteiger partial charge in [0.05, 0.1) is 0 Å². The predicted molar refractivity (Wildman–Crippen MR) is 75.7 cm³/mol. The highest BCUT2D eigenvalue weighted by atomic mass is 35.5. The largest absolute Gasteiger partial charge is 0.759 e. The van der Waals surface area contributed by atoms with Crippen LogP contribution in [0.15, 0.2) is 48.8 Å². The van der Waals surface area contributed by atoms with Crippen molar-refractivity contribution in [2.24, 2.45) is 14.1 Å². The number of hydrogen-bond acceptors (Lipinski definition) is 4. The van der Waals surface area contributed by atoms with Crippen LogP contribution in [0.3, 0.4) is 0 Å². The zero-order valence-corrected chi connectivity index (χ0v) is 13.6. The third-order valence-electron chi connectivity index (χ3n) is 1.98. The number of aromatic nitrogens is 2. The summed E-state index contributed by atoms with van der Waals surface area (Å²) in [7, 11) is -1.36. The van der Waals surface area contributed by atoms with E-state index in [2.05, 4.69) is 0 Å². The molecule has 0 amide bonds. The minimum atomic E-state index is -5.17. The van der Waals surface area contributed by atoms with Crippen molar-refractivity contribution in [2.45, 2.75) is 0 Å². The molecule has 2 aromatic rings. The summed E-state index contributed by atoms with van der Waals surface area (Å²) < 4.78 is 37.8. The molecule has 0 aliphatic rings. The molecule has 0 saturated heterocycles. The van der Waals surface area contributed by atoms with Crippen LogP contribution in [0, 0.1) is 0 Å². The minimum Gasteiger partial charge on any atom is -0.759 e. The number of pyridine rings is 2. The first-order valence-electron chi connectivity index (χ1n) is 5.48. The summed E-state index contributed by atoms with van der Waals surface area (Å²) in [5.74, 6) is 0. The van der Waals surface area contributed by atoms with E-state index in [0.29, 0.717) is 0 Å². The second kappa shape index (κ2) is 9.64. The number of hydrogen-bond donors (Lipinski definition) is 0. The summed E-state index contributed by atoms with van der Waals surface area (Å²) in [4.78, 5) is 0. The molecule has 0 atom stereocenters. The predicted octanol–water partition coefficient (Wildman–Crippen LogP) is 0.991. The van der Waals surface area contributed by atoms with Crippen LogP contribution in [0.1, 0.15) is 0 Å². The molecule has 2 rings (SSSR count). The molecule has 0 saturated carbocycles. The van der Waals surface area contributed by atoms with E-state index in [1.54, 1.807) is 0 Å². The van der Waals surface area contributed by atoms with Crippen molar-refractivity contribution in [1.29, 1.82) is 0 Å². The van der Waals surface area contributed by atoms with Gasteiger partial charge in [-0.2, -0.15) is 9.13 Å². The van der Waals surface area contributed by atoms with Crippen molar-refractivity contribution in [3.63, 3.8) is 0 Å². The number of rotatable bonds is 0. The maximum Gasteiger partial charge on any atom is 0.274 e. The summed E-state index contributed by atoms with van der Waals surface area (Å²) in [5, 5.41) is 1.51. The second-order valence-electron chi connectivity index (χ2n) is 3.68. The van der Waals surface area contributed by atoms with Crippen molar-refractivity contribution in [2.75, 3.05) is 0 Å². The van der Waals surface area contributed by atoms with Crippen LogP contribution in [0.4, 0.5) is 0 Å². The van der Waals surface area contributed by atoms with Gasteiger partial charge in [0.1, 0.15) is 14.1 Å². The monoisotopic (exact) mass is 352 g/mol. The summed E-state index contributed by atoms with van der Waals surface area (Å²) in [5.41, 5.74) is 0. The van der Waals surface area contributed by atoms with Crippen molar-refractivity contribution in [3.8, 4) is 0 Å². The molecule has 0 spiro atoms. The molecule has 21 heavy (non-hydrogen) atoms. The van der Waals surface area contributed by atoms with Crippen LogP contribution in [-0.2, 0) is 24.5 Å². The van der Waals surface area contributed by atoms with Gasteiger partial charge >= 0.3 is 0 Å². The van der Waals surface area contributed by atoms with Gasteiger partial charge in [-0.25, -0.2) is 0 Å². The Labute approximate surface area is 133 Å². The minimum absolute atomic E-state index is 0.757. The average molecular weight is 353 g/mol. The zero-order valence-electron chi connectivity index (χ0n) is 11.3. The van der Waals surface area contributed by atoms with Crippen LogP contribution >= 0.6 is 23.2 Å². The molecule has 0 radical (unpaired) electrons. The Morgan fingerprint density at radius 1 is 0.857 bits per heavy atom. The van der Waals surface area contributed by atoms with Gasteiger partial charge in [-0.3, -0.25) is 8.42 Å². The molecule has 2 heterocycles. The van der Waals surface area contributed by atoms with Gasteiger partial charge in [-0.15, -0.1) is 0 Å². The average Bonchev–Trinajstić information content (AvgIpc) is 2.35. The van der Waals surface area contributed by atoms with Gasteiger partial charge in [-0.05, 0) is 35.3 Å². The molecule has 2 aromatic heterocycles. The third-order valence-corrected chi connectivity index (χ3v) is 2.77. The Bertz CT molecular complexity index is 572. The van der Waals surface area contributed by atoms with Crippen molar-refractivity contribution in [3.05, 3.63) is 59.1 Å². The van der Waals surface area contributed by atoms with E-state index in [0.717, 1.165) is 10.3 Å². The third kappa shape index (κ3) is 12.2. The van der Waals surface area contributed by atoms with Gasteiger partial charge in [0.15, 0.2) is 12.4 Å². The molecule has 0 aliphatic carbocycles. The normalized spacial score (nSPS) is 9.81. The second-order valence-corrected chi connectivity index (χ2v) is 5.27. The Morgan fingerprint density at radius 2 is 1.14 bits per heavy atom. The van der Waals surface area contributed by atoms with Crippen LogP contribution in [-0.4, -0.2) is 17.5 Å². The summed E-state index contributed by atoms with van der Waals surface area (Å²) >= 11 is 11.3. The first-order valence-corrected chi connectivity index (χ1v) is 7.57. The van der Waals surface area contributed by atoms with Crippen molar-refractivity contribution >= 4 is 33.6 Å². The first-order chi connectivity index (χ1) is 9.61. The Balaban J connectivity index is 0.000000296. The lowest BCUT2D eigenvalue weighted by Gasteiger charge is -2.06. The van der Waals surface area contributed by atoms with E-state index in [4.69, 9.17) is 40.7 Å². The van der Waals surface area contributed by atoms with E-state index < -0.39 is 10.4 Å². The topological polar surface area (TPSA) is 88.0 Å². The maximum atomic E-state index is 8.52. The van der Waals surface area contributed by atoms with Crippen LogP contribution in [0.5, 0.6) is 0 Å². The van der Waals surface area contributed by atoms with Crippen LogP contribution in [0.2, 0.25) is 10.3 Å². The highest BCUT2D eigenvalue weighted by Crippen LogP contribution is 1.96. The molecule has 0 aromatic carbocycles. The fourth-order valence-electron chi connectivity index (χ4n) is 1.01. The lowest BCUT2D eigenvalue weighted by atomic mass is 10.5. The Kier molecular flexibility index (Phi) is 9.07. The quantitative estimate of drug-likeness (QED) is 0.306. The molecular weight excluding hydrogens is 339 g/mol. The lowest BCUT2D eigenvalue weighted by Crippen LogP contribution is -2.27. The number of halogens is 2. The van der Waals surface area contributed by atoms with Crippen molar-refractivity contribution < 1.29 is 26.7 Å². The van der Waals surface area contributed by atoms with E-state index in [1.807, 2.05) is 72.0 Å². The van der Waals surface area contributed by atoms with Crippen LogP contribution < -0.4 is 9.13 Å². The Hall–Kier alpha value is -1.25. The number of aryl methyl sites for hydroxylation is 2. The zero-order chi connectivity index (χ0) is 16.5. The van der Waals surface area contributed by atoms with Gasteiger partial charge in [0.25, 0.3) is 10.3 Å². The SMILES string of the molecule is C[n+]1ccccc1Cl.C[n+]1ccccc1Cl.O=S(=O)([O-])[O-]. The molecule has 0 unspecified atom stereocenters. The maximum absolute atomic E-state index is 8.52. The molecule has 6 nitrogen and oxygen atoms in total. The van der Waals surface area contributed by atoms with Gasteiger partial charge in [0.2, 0.25) is 0 Å². The molecular formula is C12H14Cl2N2O4S. The molecule has 0 fully saturated rings. The lowest BCUT2D eigenvalue weighted by molar-refractivity contribution is -0.669. The summed E-state index contributed by atoms with van der Waals surface area (Å²) in [6, 6.07) is 11.4. The first kappa shape index (κ1) is 19.8. The van der Waals surface area contributed by atoms with Gasteiger partial charge < -0.3 is 9.11 Å². The highest BCUT2D eigenvalue weighted by Gasteiger charge is 1.95. The van der Waals surface area contributed by atoms with E-state index in [9.17, 15) is 0 Å². The van der Waals surface area contributed by atoms with Crippen molar-refractivity contribution in [1.82, 2.24) is 0 Å². The van der Waals surface area contributed by atoms with Crippen LogP contribution in [0.25, 0.3) is 0 Å².